The van der Waals surface area contributed by atoms with Gasteiger partial charge in [0.05, 0.1) is 23.6 Å². The summed E-state index contributed by atoms with van der Waals surface area (Å²) in [4.78, 5) is 38.1. The molecule has 0 saturated carbocycles. The van der Waals surface area contributed by atoms with E-state index in [1.54, 1.807) is 23.8 Å². The van der Waals surface area contributed by atoms with Crippen molar-refractivity contribution in [2.75, 3.05) is 56.2 Å². The molecule has 0 radical (unpaired) electrons. The van der Waals surface area contributed by atoms with E-state index >= 15 is 0 Å². The van der Waals surface area contributed by atoms with Crippen molar-refractivity contribution in [3.05, 3.63) is 75.0 Å². The number of piperazine rings is 1. The number of amides is 1. The number of carbonyl (C=O) groups excluding carboxylic acids is 1. The predicted molar refractivity (Wildman–Crippen MR) is 149 cm³/mol. The molecule has 186 valence electrons. The van der Waals surface area contributed by atoms with Crippen LogP contribution in [-0.4, -0.2) is 71.0 Å². The number of rotatable bonds is 6. The first-order valence-corrected chi connectivity index (χ1v) is 13.0. The molecule has 0 unspecified atom stereocenters. The largest absolute Gasteiger partial charge is 0.383 e. The highest BCUT2D eigenvalue weighted by atomic mass is 32.2. The molecule has 10 heteroatoms. The molecule has 2 aliphatic rings. The topological polar surface area (TPSA) is 70.4 Å². The molecule has 1 aromatic carbocycles. The molecule has 0 atom stereocenters. The minimum absolute atomic E-state index is 0.202. The van der Waals surface area contributed by atoms with Crippen LogP contribution in [0.3, 0.4) is 0 Å². The first-order chi connectivity index (χ1) is 17.5. The molecule has 3 aromatic rings. The van der Waals surface area contributed by atoms with Gasteiger partial charge in [-0.3, -0.25) is 18.9 Å². The summed E-state index contributed by atoms with van der Waals surface area (Å²) in [7, 11) is 1.58. The van der Waals surface area contributed by atoms with Gasteiger partial charge in [0.25, 0.3) is 11.5 Å². The fourth-order valence-corrected chi connectivity index (χ4v) is 5.73. The van der Waals surface area contributed by atoms with Gasteiger partial charge in [0, 0.05) is 45.2 Å². The monoisotopic (exact) mass is 521 g/mol. The number of benzene rings is 1. The lowest BCUT2D eigenvalue weighted by atomic mass is 10.2. The van der Waals surface area contributed by atoms with Crippen LogP contribution in [-0.2, 0) is 9.53 Å². The van der Waals surface area contributed by atoms with Crippen LogP contribution in [0.15, 0.2) is 58.4 Å². The normalized spacial score (nSPS) is 17.6. The molecular formula is C26H27N5O3S2. The lowest BCUT2D eigenvalue weighted by Gasteiger charge is -2.37. The van der Waals surface area contributed by atoms with E-state index in [2.05, 4.69) is 21.9 Å². The van der Waals surface area contributed by atoms with Gasteiger partial charge in [-0.15, -0.1) is 0 Å². The zero-order valence-corrected chi connectivity index (χ0v) is 21.8. The van der Waals surface area contributed by atoms with Crippen molar-refractivity contribution < 1.29 is 9.53 Å². The molecule has 2 aliphatic heterocycles. The van der Waals surface area contributed by atoms with Crippen LogP contribution in [0.1, 0.15) is 11.1 Å². The fourth-order valence-electron chi connectivity index (χ4n) is 4.44. The van der Waals surface area contributed by atoms with E-state index in [1.165, 1.54) is 22.3 Å². The number of nitrogens with zero attached hydrogens (tertiary/aromatic N) is 5. The van der Waals surface area contributed by atoms with E-state index in [0.717, 1.165) is 18.7 Å². The number of ether oxygens (including phenoxy) is 1. The van der Waals surface area contributed by atoms with Crippen LogP contribution in [0.5, 0.6) is 0 Å². The third-order valence-electron chi connectivity index (χ3n) is 6.35. The highest BCUT2D eigenvalue weighted by Gasteiger charge is 2.33. The summed E-state index contributed by atoms with van der Waals surface area (Å²) in [5, 5.41) is 0. The highest BCUT2D eigenvalue weighted by molar-refractivity contribution is 8.26. The average Bonchev–Trinajstić information content (AvgIpc) is 3.17. The van der Waals surface area contributed by atoms with E-state index < -0.39 is 0 Å². The summed E-state index contributed by atoms with van der Waals surface area (Å²) >= 11 is 6.63. The Labute approximate surface area is 219 Å². The third kappa shape index (κ3) is 4.76. The number of aryl methyl sites for hydroxylation is 1. The molecular weight excluding hydrogens is 494 g/mol. The molecule has 0 aliphatic carbocycles. The van der Waals surface area contributed by atoms with E-state index in [0.29, 0.717) is 52.5 Å². The second kappa shape index (κ2) is 10.4. The van der Waals surface area contributed by atoms with Crippen LogP contribution in [0.25, 0.3) is 11.7 Å². The van der Waals surface area contributed by atoms with Gasteiger partial charge in [-0.2, -0.15) is 0 Å². The predicted octanol–water partition coefficient (Wildman–Crippen LogP) is 3.18. The molecule has 0 spiro atoms. The first kappa shape index (κ1) is 24.5. The minimum Gasteiger partial charge on any atom is -0.383 e. The van der Waals surface area contributed by atoms with Gasteiger partial charge < -0.3 is 14.5 Å². The number of hydrogen-bond acceptors (Lipinski definition) is 8. The second-order valence-electron chi connectivity index (χ2n) is 8.72. The van der Waals surface area contributed by atoms with Gasteiger partial charge >= 0.3 is 0 Å². The number of pyridine rings is 1. The quantitative estimate of drug-likeness (QED) is 0.362. The summed E-state index contributed by atoms with van der Waals surface area (Å²) in [6.07, 6.45) is 3.44. The Morgan fingerprint density at radius 3 is 2.50 bits per heavy atom. The standard InChI is InChI=1S/C26H27N5O3S2/c1-18-8-9-22-27-23(29-12-10-28(11-13-29)19-6-4-3-5-7-19)20(24(32)31(22)17-18)16-21-25(33)30(14-15-34-2)26(35)36-21/h3-9,16-17H,10-15H2,1-2H3/b21-16-. The Balaban J connectivity index is 1.52. The average molecular weight is 522 g/mol. The zero-order valence-electron chi connectivity index (χ0n) is 20.2. The number of carbonyl (C=O) groups is 1. The van der Waals surface area contributed by atoms with Crippen molar-refractivity contribution in [1.82, 2.24) is 14.3 Å². The Bertz CT molecular complexity index is 1400. The number of fused-ring (bicyclic) bond motifs is 1. The maximum absolute atomic E-state index is 13.7. The summed E-state index contributed by atoms with van der Waals surface area (Å²) < 4.78 is 7.13. The number of hydrogen-bond donors (Lipinski definition) is 0. The Morgan fingerprint density at radius 1 is 1.06 bits per heavy atom. The second-order valence-corrected chi connectivity index (χ2v) is 10.4. The number of methoxy groups -OCH3 is 1. The van der Waals surface area contributed by atoms with E-state index in [9.17, 15) is 9.59 Å². The number of thioether (sulfide) groups is 1. The Hall–Kier alpha value is -3.21. The highest BCUT2D eigenvalue weighted by Crippen LogP contribution is 2.33. The Kier molecular flexibility index (Phi) is 7.08. The van der Waals surface area contributed by atoms with Gasteiger partial charge in [-0.1, -0.05) is 48.2 Å². The summed E-state index contributed by atoms with van der Waals surface area (Å²) in [6, 6.07) is 14.1. The van der Waals surface area contributed by atoms with Gasteiger partial charge in [-0.25, -0.2) is 4.98 Å². The number of para-hydroxylation sites is 1. The maximum Gasteiger partial charge on any atom is 0.267 e. The SMILES string of the molecule is COCCN1C(=O)/C(=C/c2c(N3CCN(c4ccccc4)CC3)nc3ccc(C)cn3c2=O)SC1=S. The molecule has 2 saturated heterocycles. The van der Waals surface area contributed by atoms with Crippen molar-refractivity contribution in [1.29, 1.82) is 0 Å². The van der Waals surface area contributed by atoms with Crippen LogP contribution >= 0.6 is 24.0 Å². The molecule has 1 amide bonds. The molecule has 2 fully saturated rings. The molecule has 2 aromatic heterocycles. The van der Waals surface area contributed by atoms with Gasteiger partial charge in [0.1, 0.15) is 15.8 Å². The molecule has 5 rings (SSSR count). The van der Waals surface area contributed by atoms with Crippen molar-refractivity contribution >= 4 is 57.4 Å². The summed E-state index contributed by atoms with van der Waals surface area (Å²) in [6.45, 7) is 5.72. The van der Waals surface area contributed by atoms with Crippen LogP contribution in [0, 0.1) is 6.92 Å². The zero-order chi connectivity index (χ0) is 25.2. The van der Waals surface area contributed by atoms with E-state index in [4.69, 9.17) is 21.9 Å². The van der Waals surface area contributed by atoms with Crippen molar-refractivity contribution in [3.63, 3.8) is 0 Å². The molecule has 36 heavy (non-hydrogen) atoms. The third-order valence-corrected chi connectivity index (χ3v) is 7.73. The number of thiocarbonyl (C=S) groups is 1. The van der Waals surface area contributed by atoms with Gasteiger partial charge in [-0.05, 0) is 36.8 Å². The minimum atomic E-state index is -0.212. The molecule has 4 heterocycles. The smallest absolute Gasteiger partial charge is 0.267 e. The Morgan fingerprint density at radius 2 is 1.78 bits per heavy atom. The van der Waals surface area contributed by atoms with Crippen LogP contribution < -0.4 is 15.4 Å². The lowest BCUT2D eigenvalue weighted by Crippen LogP contribution is -2.47. The first-order valence-electron chi connectivity index (χ1n) is 11.8. The van der Waals surface area contributed by atoms with E-state index in [1.807, 2.05) is 37.3 Å². The van der Waals surface area contributed by atoms with Crippen LogP contribution in [0.4, 0.5) is 11.5 Å². The molecule has 0 N–H and O–H groups in total. The van der Waals surface area contributed by atoms with Crippen molar-refractivity contribution in [2.24, 2.45) is 0 Å². The lowest BCUT2D eigenvalue weighted by molar-refractivity contribution is -0.122. The summed E-state index contributed by atoms with van der Waals surface area (Å²) in [5.41, 5.74) is 2.91. The number of aromatic nitrogens is 2. The summed E-state index contributed by atoms with van der Waals surface area (Å²) in [5.74, 6) is 0.384. The van der Waals surface area contributed by atoms with Crippen LogP contribution in [0.2, 0.25) is 0 Å². The molecule has 0 bridgehead atoms. The maximum atomic E-state index is 13.7. The fraction of sp³-hybridized carbons (Fsp3) is 0.308. The van der Waals surface area contributed by atoms with Gasteiger partial charge in [0.15, 0.2) is 0 Å². The van der Waals surface area contributed by atoms with Crippen molar-refractivity contribution in [3.8, 4) is 0 Å². The van der Waals surface area contributed by atoms with E-state index in [-0.39, 0.29) is 11.5 Å². The van der Waals surface area contributed by atoms with Gasteiger partial charge in [0.2, 0.25) is 0 Å². The molecule has 8 nitrogen and oxygen atoms in total. The van der Waals surface area contributed by atoms with Crippen molar-refractivity contribution in [2.45, 2.75) is 6.92 Å². The number of anilines is 2.